The van der Waals surface area contributed by atoms with Crippen molar-refractivity contribution in [2.45, 2.75) is 18.2 Å². The third kappa shape index (κ3) is 5.11. The summed E-state index contributed by atoms with van der Waals surface area (Å²) in [6.07, 6.45) is -5.63. The lowest BCUT2D eigenvalue weighted by Gasteiger charge is -2.22. The van der Waals surface area contributed by atoms with Crippen molar-refractivity contribution in [3.63, 3.8) is 0 Å². The van der Waals surface area contributed by atoms with E-state index in [2.05, 4.69) is 0 Å². The summed E-state index contributed by atoms with van der Waals surface area (Å²) in [5.74, 6) is -2.32. The molecule has 2 atom stereocenters. The van der Waals surface area contributed by atoms with Crippen molar-refractivity contribution in [3.8, 4) is 0 Å². The number of aliphatic hydroxyl groups excluding tert-OH is 1. The first-order valence-corrected chi connectivity index (χ1v) is 7.88. The Kier molecular flexibility index (Phi) is 5.85. The predicted molar refractivity (Wildman–Crippen MR) is 84.1 cm³/mol. The molecule has 2 nitrogen and oxygen atoms in total. The Morgan fingerprint density at radius 2 is 1.43 bits per heavy atom. The van der Waals surface area contributed by atoms with Crippen LogP contribution in [-0.2, 0) is 4.79 Å². The number of aliphatic hydroxyl groups is 1. The Balaban J connectivity index is 2.27. The molecule has 6 heteroatoms. The first-order chi connectivity index (χ1) is 10.9. The fourth-order valence-electron chi connectivity index (χ4n) is 2.19. The van der Waals surface area contributed by atoms with Crippen LogP contribution in [0.15, 0.2) is 60.7 Å². The highest BCUT2D eigenvalue weighted by atomic mass is 32.2. The fraction of sp³-hybridized carbons (Fsp3) is 0.235. The van der Waals surface area contributed by atoms with Crippen LogP contribution < -0.4 is 0 Å². The summed E-state index contributed by atoms with van der Waals surface area (Å²) < 4.78 is 37.1. The van der Waals surface area contributed by atoms with Crippen LogP contribution in [0, 0.1) is 0 Å². The van der Waals surface area contributed by atoms with Crippen LogP contribution in [0.25, 0.3) is 0 Å². The van der Waals surface area contributed by atoms with Crippen molar-refractivity contribution in [1.29, 1.82) is 0 Å². The van der Waals surface area contributed by atoms with E-state index in [1.54, 1.807) is 60.7 Å². The molecule has 0 bridgehead atoms. The van der Waals surface area contributed by atoms with Gasteiger partial charge in [0.1, 0.15) is 0 Å². The molecule has 122 valence electrons. The van der Waals surface area contributed by atoms with Gasteiger partial charge in [0.15, 0.2) is 5.12 Å². The molecule has 0 saturated heterocycles. The van der Waals surface area contributed by atoms with E-state index >= 15 is 0 Å². The van der Waals surface area contributed by atoms with E-state index in [0.29, 0.717) is 11.1 Å². The van der Waals surface area contributed by atoms with Crippen LogP contribution >= 0.6 is 11.8 Å². The lowest BCUT2D eigenvalue weighted by Crippen LogP contribution is -2.21. The molecule has 2 aromatic rings. The van der Waals surface area contributed by atoms with Crippen molar-refractivity contribution in [2.75, 3.05) is 5.75 Å². The molecule has 0 aliphatic rings. The molecule has 0 aliphatic carbocycles. The van der Waals surface area contributed by atoms with Gasteiger partial charge in [0.25, 0.3) is 0 Å². The first-order valence-electron chi connectivity index (χ1n) is 6.90. The number of thioether (sulfide) groups is 1. The number of benzene rings is 2. The summed E-state index contributed by atoms with van der Waals surface area (Å²) >= 11 is 0.185. The summed E-state index contributed by atoms with van der Waals surface area (Å²) in [7, 11) is 0. The molecule has 0 heterocycles. The molecule has 0 fully saturated rings. The van der Waals surface area contributed by atoms with Gasteiger partial charge in [-0.25, -0.2) is 0 Å². The fourth-order valence-corrected chi connectivity index (χ4v) is 2.94. The van der Waals surface area contributed by atoms with Crippen LogP contribution in [0.2, 0.25) is 0 Å². The van der Waals surface area contributed by atoms with Crippen LogP contribution in [0.4, 0.5) is 13.2 Å². The van der Waals surface area contributed by atoms with Gasteiger partial charge in [-0.1, -0.05) is 72.4 Å². The third-order valence-electron chi connectivity index (χ3n) is 3.25. The molecule has 2 aromatic carbocycles. The second kappa shape index (κ2) is 7.66. The Labute approximate surface area is 136 Å². The van der Waals surface area contributed by atoms with Crippen LogP contribution in [0.5, 0.6) is 0 Å². The van der Waals surface area contributed by atoms with Gasteiger partial charge in [-0.15, -0.1) is 0 Å². The van der Waals surface area contributed by atoms with E-state index in [4.69, 9.17) is 0 Å². The zero-order valence-corrected chi connectivity index (χ0v) is 12.8. The minimum absolute atomic E-state index is 0.185. The molecule has 0 spiro atoms. The molecule has 0 saturated carbocycles. The van der Waals surface area contributed by atoms with E-state index in [1.165, 1.54) is 0 Å². The monoisotopic (exact) mass is 340 g/mol. The third-order valence-corrected chi connectivity index (χ3v) is 4.26. The number of halogens is 3. The Bertz CT molecular complexity index is 629. The van der Waals surface area contributed by atoms with Gasteiger partial charge in [-0.3, -0.25) is 4.79 Å². The van der Waals surface area contributed by atoms with E-state index in [9.17, 15) is 23.1 Å². The van der Waals surface area contributed by atoms with E-state index in [-0.39, 0.29) is 11.8 Å². The summed E-state index contributed by atoms with van der Waals surface area (Å²) in [6.45, 7) is 0. The van der Waals surface area contributed by atoms with E-state index in [1.807, 2.05) is 0 Å². The summed E-state index contributed by atoms with van der Waals surface area (Å²) in [5, 5.41) is 9.81. The predicted octanol–water partition coefficient (Wildman–Crippen LogP) is 4.33. The SMILES string of the molecule is O=C(SCC(F)(F)F)[C@@H](c1ccccc1)[C@@H](O)c1ccccc1. The average molecular weight is 340 g/mol. The van der Waals surface area contributed by atoms with Crippen LogP contribution in [0.3, 0.4) is 0 Å². The van der Waals surface area contributed by atoms with Crippen molar-refractivity contribution in [3.05, 3.63) is 71.8 Å². The minimum atomic E-state index is -4.43. The van der Waals surface area contributed by atoms with Gasteiger partial charge < -0.3 is 5.11 Å². The van der Waals surface area contributed by atoms with Gasteiger partial charge in [0, 0.05) is 0 Å². The highest BCUT2D eigenvalue weighted by Crippen LogP contribution is 2.36. The summed E-state index contributed by atoms with van der Waals surface area (Å²) in [6, 6.07) is 16.8. The normalized spacial score (nSPS) is 14.3. The maximum atomic E-state index is 12.4. The van der Waals surface area contributed by atoms with Gasteiger partial charge in [0.2, 0.25) is 0 Å². The smallest absolute Gasteiger partial charge is 0.387 e. The van der Waals surface area contributed by atoms with Gasteiger partial charge in [-0.05, 0) is 11.1 Å². The van der Waals surface area contributed by atoms with Crippen molar-refractivity contribution in [1.82, 2.24) is 0 Å². The number of alkyl halides is 3. The average Bonchev–Trinajstić information content (AvgIpc) is 2.54. The molecule has 23 heavy (non-hydrogen) atoms. The lowest BCUT2D eigenvalue weighted by atomic mass is 9.90. The highest BCUT2D eigenvalue weighted by Gasteiger charge is 2.34. The molecule has 0 radical (unpaired) electrons. The minimum Gasteiger partial charge on any atom is -0.387 e. The molecule has 0 aliphatic heterocycles. The number of hydrogen-bond acceptors (Lipinski definition) is 3. The zero-order chi connectivity index (χ0) is 16.9. The van der Waals surface area contributed by atoms with Crippen molar-refractivity contribution in [2.24, 2.45) is 0 Å². The molecule has 2 rings (SSSR count). The second-order valence-corrected chi connectivity index (χ2v) is 5.95. The van der Waals surface area contributed by atoms with Gasteiger partial charge in [0.05, 0.1) is 17.8 Å². The maximum absolute atomic E-state index is 12.4. The summed E-state index contributed by atoms with van der Waals surface area (Å²) in [4.78, 5) is 12.3. The zero-order valence-electron chi connectivity index (χ0n) is 12.0. The Morgan fingerprint density at radius 3 is 1.91 bits per heavy atom. The number of carbonyl (C=O) groups excluding carboxylic acids is 1. The highest BCUT2D eigenvalue weighted by molar-refractivity contribution is 8.13. The molecular weight excluding hydrogens is 325 g/mol. The van der Waals surface area contributed by atoms with E-state index in [0.717, 1.165) is 0 Å². The maximum Gasteiger partial charge on any atom is 0.398 e. The van der Waals surface area contributed by atoms with Crippen molar-refractivity contribution >= 4 is 16.9 Å². The molecular formula is C17H15F3O2S. The largest absolute Gasteiger partial charge is 0.398 e. The quantitative estimate of drug-likeness (QED) is 0.880. The molecule has 0 aromatic heterocycles. The molecule has 1 N–H and O–H groups in total. The van der Waals surface area contributed by atoms with Crippen LogP contribution in [-0.4, -0.2) is 22.2 Å². The second-order valence-electron chi connectivity index (χ2n) is 4.97. The Morgan fingerprint density at radius 1 is 0.957 bits per heavy atom. The van der Waals surface area contributed by atoms with Gasteiger partial charge >= 0.3 is 6.18 Å². The standard InChI is InChI=1S/C17H15F3O2S/c18-17(19,20)11-23-16(22)14(12-7-3-1-4-8-12)15(21)13-9-5-2-6-10-13/h1-10,14-15,21H,11H2/t14-,15-/m0/s1. The number of rotatable bonds is 5. The van der Waals surface area contributed by atoms with Crippen LogP contribution in [0.1, 0.15) is 23.1 Å². The number of hydrogen-bond donors (Lipinski definition) is 1. The number of carbonyl (C=O) groups is 1. The van der Waals surface area contributed by atoms with Crippen molar-refractivity contribution < 1.29 is 23.1 Å². The lowest BCUT2D eigenvalue weighted by molar-refractivity contribution is -0.116. The van der Waals surface area contributed by atoms with Gasteiger partial charge in [-0.2, -0.15) is 13.2 Å². The molecule has 0 amide bonds. The molecule has 0 unspecified atom stereocenters. The van der Waals surface area contributed by atoms with E-state index < -0.39 is 29.1 Å². The Hall–Kier alpha value is -1.79. The topological polar surface area (TPSA) is 37.3 Å². The first kappa shape index (κ1) is 17.6. The summed E-state index contributed by atoms with van der Waals surface area (Å²) in [5.41, 5.74) is 0.978.